The summed E-state index contributed by atoms with van der Waals surface area (Å²) in [6, 6.07) is 17.2. The van der Waals surface area contributed by atoms with Gasteiger partial charge in [-0.15, -0.1) is 0 Å². The van der Waals surface area contributed by atoms with Gasteiger partial charge in [0.2, 0.25) is 5.95 Å². The number of nitrogens with one attached hydrogen (secondary N) is 1. The van der Waals surface area contributed by atoms with Gasteiger partial charge >= 0.3 is 6.18 Å². The van der Waals surface area contributed by atoms with Crippen molar-refractivity contribution in [2.45, 2.75) is 19.5 Å². The topological polar surface area (TPSA) is 59.2 Å². The first-order valence-corrected chi connectivity index (χ1v) is 11.1. The van der Waals surface area contributed by atoms with Gasteiger partial charge in [0.15, 0.2) is 11.5 Å². The lowest BCUT2D eigenvalue weighted by atomic mass is 9.99. The first-order chi connectivity index (χ1) is 17.1. The molecule has 0 atom stereocenters. The zero-order valence-electron chi connectivity index (χ0n) is 18.9. The van der Waals surface area contributed by atoms with E-state index in [-0.39, 0.29) is 17.8 Å². The van der Waals surface area contributed by atoms with Crippen molar-refractivity contribution in [3.8, 4) is 11.3 Å². The van der Waals surface area contributed by atoms with E-state index in [0.717, 1.165) is 23.3 Å². The Bertz CT molecular complexity index is 1500. The van der Waals surface area contributed by atoms with E-state index in [1.807, 2.05) is 13.0 Å². The number of carbonyl (C=O) groups is 1. The minimum absolute atomic E-state index is 0.212. The van der Waals surface area contributed by atoms with Crippen LogP contribution in [-0.4, -0.2) is 15.8 Å². The fraction of sp³-hybridized carbons (Fsp3) is 0.111. The van der Waals surface area contributed by atoms with Gasteiger partial charge in [-0.1, -0.05) is 48.0 Å². The van der Waals surface area contributed by atoms with Crippen LogP contribution in [0.1, 0.15) is 27.0 Å². The van der Waals surface area contributed by atoms with E-state index in [9.17, 15) is 18.0 Å². The molecule has 0 spiro atoms. The Morgan fingerprint density at radius 3 is 2.64 bits per heavy atom. The Hall–Kier alpha value is -4.22. The van der Waals surface area contributed by atoms with Gasteiger partial charge < -0.3 is 5.32 Å². The van der Waals surface area contributed by atoms with E-state index in [2.05, 4.69) is 20.1 Å². The number of hydrogen-bond acceptors (Lipinski definition) is 4. The second kappa shape index (κ2) is 10.2. The van der Waals surface area contributed by atoms with Crippen molar-refractivity contribution in [1.82, 2.24) is 9.97 Å². The minimum Gasteiger partial charge on any atom is -0.324 e. The van der Waals surface area contributed by atoms with Gasteiger partial charge in [0.1, 0.15) is 0 Å². The Balaban J connectivity index is 1.56. The number of rotatable bonds is 6. The molecule has 0 aliphatic rings. The molecule has 0 saturated heterocycles. The average molecular weight is 507 g/mol. The van der Waals surface area contributed by atoms with Crippen LogP contribution < -0.4 is 5.32 Å². The van der Waals surface area contributed by atoms with E-state index < -0.39 is 16.8 Å². The van der Waals surface area contributed by atoms with Crippen LogP contribution in [0.5, 0.6) is 0 Å². The summed E-state index contributed by atoms with van der Waals surface area (Å²) in [6.07, 6.45) is -3.24. The van der Waals surface area contributed by atoms with Crippen LogP contribution in [0.2, 0.25) is 5.02 Å². The van der Waals surface area contributed by atoms with Gasteiger partial charge in [0.25, 0.3) is 0 Å². The average Bonchev–Trinajstić information content (AvgIpc) is 2.86. The zero-order chi connectivity index (χ0) is 25.9. The molecule has 5 nitrogen and oxygen atoms in total. The van der Waals surface area contributed by atoms with Gasteiger partial charge in [0.05, 0.1) is 22.9 Å². The molecule has 0 saturated carbocycles. The van der Waals surface area contributed by atoms with Crippen molar-refractivity contribution in [3.63, 3.8) is 0 Å². The number of alkyl halides is 3. The van der Waals surface area contributed by atoms with Crippen molar-refractivity contribution < 1.29 is 18.0 Å². The van der Waals surface area contributed by atoms with E-state index >= 15 is 0 Å². The summed E-state index contributed by atoms with van der Waals surface area (Å²) in [7, 11) is 0. The molecule has 4 rings (SSSR count). The second-order valence-corrected chi connectivity index (χ2v) is 8.40. The van der Waals surface area contributed by atoms with Crippen molar-refractivity contribution >= 4 is 34.7 Å². The summed E-state index contributed by atoms with van der Waals surface area (Å²) in [4.78, 5) is 25.1. The largest absolute Gasteiger partial charge is 0.417 e. The first kappa shape index (κ1) is 24.9. The Morgan fingerprint density at radius 2 is 1.89 bits per heavy atom. The SMILES string of the molecule is [C-]#[N+]c1cccc(-c2ccnc(Nc3cc(C(=O)Cc4ccc(Cl)c(C(F)(F)F)c4)ccc3C)n2)c1. The number of carbonyl (C=O) groups excluding carboxylic acids is 1. The lowest BCUT2D eigenvalue weighted by molar-refractivity contribution is -0.137. The normalized spacial score (nSPS) is 11.1. The van der Waals surface area contributed by atoms with Gasteiger partial charge in [0, 0.05) is 23.9 Å². The molecule has 0 bridgehead atoms. The van der Waals surface area contributed by atoms with Gasteiger partial charge in [-0.2, -0.15) is 13.2 Å². The van der Waals surface area contributed by atoms with Crippen LogP contribution in [0.15, 0.2) is 72.9 Å². The van der Waals surface area contributed by atoms with E-state index in [1.165, 1.54) is 6.07 Å². The smallest absolute Gasteiger partial charge is 0.324 e. The number of aryl methyl sites for hydroxylation is 1. The maximum Gasteiger partial charge on any atom is 0.417 e. The number of halogens is 4. The molecular weight excluding hydrogens is 489 g/mol. The molecule has 0 unspecified atom stereocenters. The van der Waals surface area contributed by atoms with Gasteiger partial charge in [-0.05, 0) is 53.9 Å². The standard InChI is InChI=1S/C27H18ClF3N4O/c1-16-6-8-19(25(36)13-17-7-9-22(28)21(12-17)27(29,30)31)15-24(16)35-26-33-11-10-23(34-26)18-4-3-5-20(14-18)32-2/h3-12,14-15H,13H2,1H3,(H,33,34,35). The molecule has 9 heteroatoms. The summed E-state index contributed by atoms with van der Waals surface area (Å²) >= 11 is 5.68. The molecule has 1 heterocycles. The van der Waals surface area contributed by atoms with Crippen LogP contribution in [0, 0.1) is 13.5 Å². The number of benzene rings is 3. The molecular formula is C27H18ClF3N4O. The number of hydrogen-bond donors (Lipinski definition) is 1. The molecule has 0 fully saturated rings. The Kier molecular flexibility index (Phi) is 7.04. The van der Waals surface area contributed by atoms with Crippen LogP contribution in [0.3, 0.4) is 0 Å². The van der Waals surface area contributed by atoms with Crippen molar-refractivity contribution in [3.05, 3.63) is 112 Å². The lowest BCUT2D eigenvalue weighted by Gasteiger charge is -2.12. The van der Waals surface area contributed by atoms with E-state index in [1.54, 1.807) is 48.7 Å². The zero-order valence-corrected chi connectivity index (χ0v) is 19.7. The highest BCUT2D eigenvalue weighted by Gasteiger charge is 2.33. The molecule has 4 aromatic rings. The fourth-order valence-corrected chi connectivity index (χ4v) is 3.78. The monoisotopic (exact) mass is 506 g/mol. The van der Waals surface area contributed by atoms with Crippen LogP contribution in [-0.2, 0) is 12.6 Å². The number of nitrogens with zero attached hydrogens (tertiary/aromatic N) is 3. The van der Waals surface area contributed by atoms with E-state index in [4.69, 9.17) is 18.2 Å². The quantitative estimate of drug-likeness (QED) is 0.214. The third-order valence-electron chi connectivity index (χ3n) is 5.43. The molecule has 1 aromatic heterocycles. The highest BCUT2D eigenvalue weighted by Crippen LogP contribution is 2.35. The molecule has 3 aromatic carbocycles. The van der Waals surface area contributed by atoms with Gasteiger partial charge in [-0.25, -0.2) is 14.8 Å². The molecule has 0 aliphatic heterocycles. The number of ketones is 1. The lowest BCUT2D eigenvalue weighted by Crippen LogP contribution is -2.09. The summed E-state index contributed by atoms with van der Waals surface area (Å²) in [5, 5.41) is 2.69. The van der Waals surface area contributed by atoms with Crippen molar-refractivity contribution in [1.29, 1.82) is 0 Å². The minimum atomic E-state index is -4.61. The highest BCUT2D eigenvalue weighted by molar-refractivity contribution is 6.31. The van der Waals surface area contributed by atoms with Crippen LogP contribution >= 0.6 is 11.6 Å². The summed E-state index contributed by atoms with van der Waals surface area (Å²) in [5.74, 6) is -0.0555. The predicted molar refractivity (Wildman–Crippen MR) is 133 cm³/mol. The predicted octanol–water partition coefficient (Wildman–Crippen LogP) is 7.84. The summed E-state index contributed by atoms with van der Waals surface area (Å²) in [5.41, 5.74) is 2.84. The molecule has 0 amide bonds. The Labute approximate surface area is 210 Å². The van der Waals surface area contributed by atoms with Crippen LogP contribution in [0.25, 0.3) is 16.1 Å². The third-order valence-corrected chi connectivity index (χ3v) is 5.76. The third kappa shape index (κ3) is 5.70. The molecule has 36 heavy (non-hydrogen) atoms. The maximum atomic E-state index is 13.2. The number of Topliss-reactive ketones (excluding diaryl/α,β-unsaturated/α-hetero) is 1. The van der Waals surface area contributed by atoms with Crippen molar-refractivity contribution in [2.24, 2.45) is 0 Å². The second-order valence-electron chi connectivity index (χ2n) is 7.99. The van der Waals surface area contributed by atoms with Crippen molar-refractivity contribution in [2.75, 3.05) is 5.32 Å². The number of aromatic nitrogens is 2. The molecule has 0 radical (unpaired) electrons. The summed E-state index contributed by atoms with van der Waals surface area (Å²) < 4.78 is 39.5. The van der Waals surface area contributed by atoms with Crippen LogP contribution in [0.4, 0.5) is 30.5 Å². The van der Waals surface area contributed by atoms with Gasteiger partial charge in [-0.3, -0.25) is 4.79 Å². The fourth-order valence-electron chi connectivity index (χ4n) is 3.55. The molecule has 1 N–H and O–H groups in total. The molecule has 180 valence electrons. The molecule has 0 aliphatic carbocycles. The summed E-state index contributed by atoms with van der Waals surface area (Å²) in [6.45, 7) is 9.03. The van der Waals surface area contributed by atoms with E-state index in [0.29, 0.717) is 28.6 Å². The number of anilines is 2. The maximum absolute atomic E-state index is 13.2. The highest BCUT2D eigenvalue weighted by atomic mass is 35.5. The first-order valence-electron chi connectivity index (χ1n) is 10.7. The Morgan fingerprint density at radius 1 is 1.08 bits per heavy atom.